The Labute approximate surface area is 170 Å². The van der Waals surface area contributed by atoms with Gasteiger partial charge >= 0.3 is 0 Å². The van der Waals surface area contributed by atoms with Crippen LogP contribution >= 0.6 is 0 Å². The number of amides is 1. The quantitative estimate of drug-likeness (QED) is 0.746. The molecule has 0 radical (unpaired) electrons. The fourth-order valence-electron chi connectivity index (χ4n) is 3.49. The van der Waals surface area contributed by atoms with Gasteiger partial charge in [-0.2, -0.15) is 0 Å². The Bertz CT molecular complexity index is 914. The summed E-state index contributed by atoms with van der Waals surface area (Å²) in [5, 5.41) is 6.17. The Morgan fingerprint density at radius 1 is 1.21 bits per heavy atom. The molecule has 0 aliphatic carbocycles. The molecule has 0 bridgehead atoms. The number of rotatable bonds is 7. The van der Waals surface area contributed by atoms with E-state index < -0.39 is 6.04 Å². The third kappa shape index (κ3) is 4.24. The van der Waals surface area contributed by atoms with Gasteiger partial charge in [0.1, 0.15) is 17.6 Å². The van der Waals surface area contributed by atoms with Crippen molar-refractivity contribution in [2.75, 3.05) is 18.7 Å². The summed E-state index contributed by atoms with van der Waals surface area (Å²) in [5.74, 6) is 2.92. The van der Waals surface area contributed by atoms with Gasteiger partial charge in [-0.05, 0) is 45.0 Å². The van der Waals surface area contributed by atoms with E-state index in [1.165, 1.54) is 5.56 Å². The molecule has 2 heterocycles. The van der Waals surface area contributed by atoms with Crippen LogP contribution in [-0.4, -0.2) is 31.5 Å². The molecule has 0 spiro atoms. The molecule has 2 aliphatic rings. The van der Waals surface area contributed by atoms with Crippen molar-refractivity contribution >= 4 is 11.6 Å². The third-order valence-corrected chi connectivity index (χ3v) is 5.01. The van der Waals surface area contributed by atoms with Crippen molar-refractivity contribution in [3.8, 4) is 23.0 Å². The Morgan fingerprint density at radius 3 is 2.86 bits per heavy atom. The van der Waals surface area contributed by atoms with Crippen molar-refractivity contribution in [1.29, 1.82) is 0 Å². The van der Waals surface area contributed by atoms with Gasteiger partial charge < -0.3 is 29.6 Å². The lowest BCUT2D eigenvalue weighted by Gasteiger charge is -2.17. The summed E-state index contributed by atoms with van der Waals surface area (Å²) in [4.78, 5) is 12.6. The molecule has 7 nitrogen and oxygen atoms in total. The average Bonchev–Trinajstić information content (AvgIpc) is 3.30. The lowest BCUT2D eigenvalue weighted by molar-refractivity contribution is -0.117. The van der Waals surface area contributed by atoms with E-state index in [-0.39, 0.29) is 18.8 Å². The number of nitrogens with one attached hydrogen (secondary N) is 2. The SMILES string of the molecule is CCOc1cc2c(cc1CN[C@@H](C)C(=O)Nc1ccc3c(c1)OCO3)O[C@@H](C)C2. The summed E-state index contributed by atoms with van der Waals surface area (Å²) < 4.78 is 22.3. The highest BCUT2D eigenvalue weighted by molar-refractivity contribution is 5.94. The largest absolute Gasteiger partial charge is 0.494 e. The van der Waals surface area contributed by atoms with Gasteiger partial charge in [0.2, 0.25) is 12.7 Å². The number of carbonyl (C=O) groups is 1. The molecule has 1 amide bonds. The van der Waals surface area contributed by atoms with E-state index in [4.69, 9.17) is 18.9 Å². The summed E-state index contributed by atoms with van der Waals surface area (Å²) in [6.07, 6.45) is 1.06. The maximum atomic E-state index is 12.6. The minimum Gasteiger partial charge on any atom is -0.494 e. The molecule has 2 aromatic carbocycles. The normalized spacial score (nSPS) is 17.4. The average molecular weight is 398 g/mol. The number of benzene rings is 2. The molecule has 2 N–H and O–H groups in total. The number of hydrogen-bond donors (Lipinski definition) is 2. The fourth-order valence-corrected chi connectivity index (χ4v) is 3.49. The van der Waals surface area contributed by atoms with Crippen molar-refractivity contribution in [1.82, 2.24) is 5.32 Å². The standard InChI is InChI=1S/C22H26N2O5/c1-4-26-19-8-15-7-13(2)29-20(15)9-16(19)11-23-14(3)22(25)24-17-5-6-18-21(10-17)28-12-27-18/h5-6,8-10,13-14,23H,4,7,11-12H2,1-3H3,(H,24,25)/t13-,14-/m0/s1. The van der Waals surface area contributed by atoms with Crippen LogP contribution in [0.4, 0.5) is 5.69 Å². The van der Waals surface area contributed by atoms with E-state index in [0.717, 1.165) is 23.5 Å². The van der Waals surface area contributed by atoms with Crippen LogP contribution in [0, 0.1) is 0 Å². The van der Waals surface area contributed by atoms with Crippen molar-refractivity contribution < 1.29 is 23.7 Å². The smallest absolute Gasteiger partial charge is 0.241 e. The summed E-state index contributed by atoms with van der Waals surface area (Å²) in [6.45, 7) is 7.13. The summed E-state index contributed by atoms with van der Waals surface area (Å²) >= 11 is 0. The van der Waals surface area contributed by atoms with E-state index in [9.17, 15) is 4.79 Å². The molecule has 2 atom stereocenters. The van der Waals surface area contributed by atoms with Crippen LogP contribution < -0.4 is 29.6 Å². The van der Waals surface area contributed by atoms with Gasteiger partial charge in [0, 0.05) is 35.8 Å². The van der Waals surface area contributed by atoms with Crippen LogP contribution in [-0.2, 0) is 17.8 Å². The second-order valence-electron chi connectivity index (χ2n) is 7.29. The second kappa shape index (κ2) is 8.21. The molecule has 0 aromatic heterocycles. The minimum absolute atomic E-state index is 0.132. The van der Waals surface area contributed by atoms with Gasteiger partial charge in [-0.3, -0.25) is 4.79 Å². The van der Waals surface area contributed by atoms with Crippen LogP contribution in [0.2, 0.25) is 0 Å². The second-order valence-corrected chi connectivity index (χ2v) is 7.29. The third-order valence-electron chi connectivity index (χ3n) is 5.01. The van der Waals surface area contributed by atoms with E-state index in [2.05, 4.69) is 23.6 Å². The van der Waals surface area contributed by atoms with Crippen LogP contribution in [0.3, 0.4) is 0 Å². The monoisotopic (exact) mass is 398 g/mol. The molecular formula is C22H26N2O5. The summed E-state index contributed by atoms with van der Waals surface area (Å²) in [6, 6.07) is 9.01. The van der Waals surface area contributed by atoms with Crippen molar-refractivity contribution in [3.63, 3.8) is 0 Å². The van der Waals surface area contributed by atoms with Gasteiger partial charge in [0.05, 0.1) is 12.6 Å². The van der Waals surface area contributed by atoms with Gasteiger partial charge in [-0.1, -0.05) is 0 Å². The lowest BCUT2D eigenvalue weighted by Crippen LogP contribution is -2.37. The zero-order valence-electron chi connectivity index (χ0n) is 16.9. The molecule has 0 fully saturated rings. The van der Waals surface area contributed by atoms with E-state index in [1.54, 1.807) is 18.2 Å². The number of fused-ring (bicyclic) bond motifs is 2. The Balaban J connectivity index is 1.39. The van der Waals surface area contributed by atoms with Crippen molar-refractivity contribution in [2.45, 2.75) is 45.9 Å². The molecular weight excluding hydrogens is 372 g/mol. The maximum Gasteiger partial charge on any atom is 0.241 e. The molecule has 29 heavy (non-hydrogen) atoms. The van der Waals surface area contributed by atoms with Crippen LogP contribution in [0.5, 0.6) is 23.0 Å². The van der Waals surface area contributed by atoms with E-state index in [1.807, 2.05) is 19.9 Å². The maximum absolute atomic E-state index is 12.6. The lowest BCUT2D eigenvalue weighted by atomic mass is 10.1. The van der Waals surface area contributed by atoms with Gasteiger partial charge in [0.15, 0.2) is 11.5 Å². The molecule has 0 unspecified atom stereocenters. The highest BCUT2D eigenvalue weighted by Gasteiger charge is 2.23. The molecule has 4 rings (SSSR count). The number of hydrogen-bond acceptors (Lipinski definition) is 6. The summed E-state index contributed by atoms with van der Waals surface area (Å²) in [7, 11) is 0. The molecule has 2 aliphatic heterocycles. The van der Waals surface area contributed by atoms with Crippen LogP contribution in [0.1, 0.15) is 31.9 Å². The molecule has 2 aromatic rings. The molecule has 0 saturated carbocycles. The topological polar surface area (TPSA) is 78.1 Å². The van der Waals surface area contributed by atoms with Gasteiger partial charge in [-0.25, -0.2) is 0 Å². The Morgan fingerprint density at radius 2 is 2.03 bits per heavy atom. The first-order chi connectivity index (χ1) is 14.0. The first-order valence-corrected chi connectivity index (χ1v) is 9.92. The minimum atomic E-state index is -0.400. The first kappa shape index (κ1) is 19.4. The van der Waals surface area contributed by atoms with Gasteiger partial charge in [-0.15, -0.1) is 0 Å². The summed E-state index contributed by atoms with van der Waals surface area (Å²) in [5.41, 5.74) is 2.81. The number of anilines is 1. The zero-order chi connectivity index (χ0) is 20.4. The number of carbonyl (C=O) groups excluding carboxylic acids is 1. The van der Waals surface area contributed by atoms with Crippen molar-refractivity contribution in [3.05, 3.63) is 41.5 Å². The van der Waals surface area contributed by atoms with Gasteiger partial charge in [0.25, 0.3) is 0 Å². The van der Waals surface area contributed by atoms with E-state index in [0.29, 0.717) is 30.3 Å². The molecule has 7 heteroatoms. The highest BCUT2D eigenvalue weighted by Crippen LogP contribution is 2.36. The predicted molar refractivity (Wildman–Crippen MR) is 109 cm³/mol. The number of ether oxygens (including phenoxy) is 4. The fraction of sp³-hybridized carbons (Fsp3) is 0.409. The van der Waals surface area contributed by atoms with Crippen LogP contribution in [0.25, 0.3) is 0 Å². The predicted octanol–water partition coefficient (Wildman–Crippen LogP) is 3.25. The van der Waals surface area contributed by atoms with E-state index >= 15 is 0 Å². The highest BCUT2D eigenvalue weighted by atomic mass is 16.7. The van der Waals surface area contributed by atoms with Crippen LogP contribution in [0.15, 0.2) is 30.3 Å². The van der Waals surface area contributed by atoms with Crippen molar-refractivity contribution in [2.24, 2.45) is 0 Å². The first-order valence-electron chi connectivity index (χ1n) is 9.92. The molecule has 0 saturated heterocycles. The molecule has 154 valence electrons. The Kier molecular flexibility index (Phi) is 5.49. The zero-order valence-corrected chi connectivity index (χ0v) is 16.9. The Hall–Kier alpha value is -2.93.